The van der Waals surface area contributed by atoms with Gasteiger partial charge in [-0.2, -0.15) is 0 Å². The lowest BCUT2D eigenvalue weighted by Crippen LogP contribution is -2.00. The molecule has 0 aliphatic carbocycles. The molecule has 0 unspecified atom stereocenters. The van der Waals surface area contributed by atoms with Crippen LogP contribution in [0.3, 0.4) is 0 Å². The van der Waals surface area contributed by atoms with Crippen molar-refractivity contribution >= 4 is 41.3 Å². The van der Waals surface area contributed by atoms with Crippen molar-refractivity contribution in [3.63, 3.8) is 0 Å². The van der Waals surface area contributed by atoms with Crippen LogP contribution in [0.1, 0.15) is 27.7 Å². The van der Waals surface area contributed by atoms with Gasteiger partial charge in [-0.3, -0.25) is 0 Å². The molecule has 150 valence electrons. The van der Waals surface area contributed by atoms with Gasteiger partial charge in [0.1, 0.15) is 5.76 Å². The van der Waals surface area contributed by atoms with Gasteiger partial charge in [0.05, 0.1) is 24.4 Å². The molecule has 0 atom stereocenters. The monoisotopic (exact) mass is 426 g/mol. The Balaban J connectivity index is 1.55. The lowest BCUT2D eigenvalue weighted by Gasteiger charge is -2.21. The molecule has 0 radical (unpaired) electrons. The highest BCUT2D eigenvalue weighted by Crippen LogP contribution is 2.44. The van der Waals surface area contributed by atoms with Gasteiger partial charge in [0.15, 0.2) is 11.5 Å². The van der Waals surface area contributed by atoms with Crippen molar-refractivity contribution in [2.75, 3.05) is 25.7 Å². The Bertz CT molecular complexity index is 957. The van der Waals surface area contributed by atoms with Gasteiger partial charge in [-0.15, -0.1) is 23.5 Å². The first-order chi connectivity index (χ1) is 14.2. The summed E-state index contributed by atoms with van der Waals surface area (Å²) < 4.78 is 16.6. The second-order valence-corrected chi connectivity index (χ2v) is 9.39. The van der Waals surface area contributed by atoms with Crippen LogP contribution < -0.4 is 9.47 Å². The standard InChI is InChI=1S/C23H22O4S2/c1-25-19-9-4-15(13-21(19)26-2)12-18-14-20(27-22(18)24)16-5-7-17(8-6-16)23-28-10-3-11-29-23/h4-9,12-14,23H,3,10-11H2,1-2H3/b18-12+. The number of hydrogen-bond acceptors (Lipinski definition) is 6. The molecule has 4 nitrogen and oxygen atoms in total. The minimum atomic E-state index is -0.350. The molecular weight excluding hydrogens is 404 g/mol. The normalized spacial score (nSPS) is 18.5. The van der Waals surface area contributed by atoms with Crippen LogP contribution in [-0.4, -0.2) is 31.7 Å². The van der Waals surface area contributed by atoms with Gasteiger partial charge in [0.2, 0.25) is 0 Å². The van der Waals surface area contributed by atoms with Crippen molar-refractivity contribution in [1.82, 2.24) is 0 Å². The fourth-order valence-corrected chi connectivity index (χ4v) is 6.13. The van der Waals surface area contributed by atoms with E-state index in [0.717, 1.165) is 11.1 Å². The Kier molecular flexibility index (Phi) is 6.21. The highest BCUT2D eigenvalue weighted by atomic mass is 32.2. The second kappa shape index (κ2) is 9.01. The van der Waals surface area contributed by atoms with Gasteiger partial charge in [0.25, 0.3) is 0 Å². The molecule has 0 N–H and O–H groups in total. The van der Waals surface area contributed by atoms with E-state index < -0.39 is 0 Å². The van der Waals surface area contributed by atoms with Crippen LogP contribution in [0.5, 0.6) is 11.5 Å². The highest BCUT2D eigenvalue weighted by Gasteiger charge is 2.23. The quantitative estimate of drug-likeness (QED) is 0.461. The zero-order valence-electron chi connectivity index (χ0n) is 16.3. The van der Waals surface area contributed by atoms with Crippen LogP contribution in [0.2, 0.25) is 0 Å². The molecule has 1 saturated heterocycles. The third-order valence-corrected chi connectivity index (χ3v) is 7.76. The Morgan fingerprint density at radius 3 is 2.41 bits per heavy atom. The predicted octanol–water partition coefficient (Wildman–Crippen LogP) is 5.55. The largest absolute Gasteiger partial charge is 0.493 e. The molecule has 2 aliphatic heterocycles. The molecule has 0 amide bonds. The van der Waals surface area contributed by atoms with Crippen molar-refractivity contribution in [2.45, 2.75) is 11.0 Å². The average Bonchev–Trinajstić information content (AvgIpc) is 3.14. The van der Waals surface area contributed by atoms with E-state index in [-0.39, 0.29) is 5.97 Å². The molecule has 2 aliphatic rings. The van der Waals surface area contributed by atoms with E-state index in [1.54, 1.807) is 26.4 Å². The molecule has 6 heteroatoms. The van der Waals surface area contributed by atoms with Gasteiger partial charge in [-0.05, 0) is 53.3 Å². The number of ether oxygens (including phenoxy) is 3. The van der Waals surface area contributed by atoms with Crippen molar-refractivity contribution in [3.8, 4) is 11.5 Å². The van der Waals surface area contributed by atoms with E-state index in [0.29, 0.717) is 27.4 Å². The smallest absolute Gasteiger partial charge is 0.343 e. The van der Waals surface area contributed by atoms with E-state index >= 15 is 0 Å². The molecule has 1 fully saturated rings. The Hall–Kier alpha value is -2.31. The molecule has 2 heterocycles. The zero-order valence-corrected chi connectivity index (χ0v) is 18.0. The first-order valence-electron chi connectivity index (χ1n) is 9.39. The van der Waals surface area contributed by atoms with E-state index in [1.165, 1.54) is 23.5 Å². The summed E-state index contributed by atoms with van der Waals surface area (Å²) in [6.07, 6.45) is 4.86. The fourth-order valence-electron chi connectivity index (χ4n) is 3.24. The lowest BCUT2D eigenvalue weighted by atomic mass is 10.1. The van der Waals surface area contributed by atoms with Gasteiger partial charge >= 0.3 is 5.97 Å². The number of hydrogen-bond donors (Lipinski definition) is 0. The summed E-state index contributed by atoms with van der Waals surface area (Å²) >= 11 is 3.99. The number of esters is 1. The number of benzene rings is 2. The number of cyclic esters (lactones) is 1. The number of methoxy groups -OCH3 is 2. The second-order valence-electron chi connectivity index (χ2n) is 6.66. The van der Waals surface area contributed by atoms with Gasteiger partial charge in [-0.1, -0.05) is 30.3 Å². The first kappa shape index (κ1) is 20.0. The molecule has 0 spiro atoms. The highest BCUT2D eigenvalue weighted by molar-refractivity contribution is 8.16. The molecule has 0 bridgehead atoms. The van der Waals surface area contributed by atoms with Crippen LogP contribution in [0.25, 0.3) is 11.8 Å². The van der Waals surface area contributed by atoms with Gasteiger partial charge in [0, 0.05) is 5.56 Å². The Morgan fingerprint density at radius 1 is 1.00 bits per heavy atom. The molecule has 0 aromatic heterocycles. The summed E-state index contributed by atoms with van der Waals surface area (Å²) in [4.78, 5) is 12.3. The summed E-state index contributed by atoms with van der Waals surface area (Å²) in [6, 6.07) is 13.9. The van der Waals surface area contributed by atoms with E-state index in [9.17, 15) is 4.79 Å². The summed E-state index contributed by atoms with van der Waals surface area (Å²) in [5, 5.41) is 0. The van der Waals surface area contributed by atoms with Gasteiger partial charge in [-0.25, -0.2) is 4.79 Å². The van der Waals surface area contributed by atoms with E-state index in [2.05, 4.69) is 12.1 Å². The lowest BCUT2D eigenvalue weighted by molar-refractivity contribution is -0.130. The fraction of sp³-hybridized carbons (Fsp3) is 0.261. The molecule has 4 rings (SSSR count). The predicted molar refractivity (Wildman–Crippen MR) is 120 cm³/mol. The third-order valence-electron chi connectivity index (χ3n) is 4.75. The van der Waals surface area contributed by atoms with Crippen LogP contribution in [-0.2, 0) is 9.53 Å². The van der Waals surface area contributed by atoms with Crippen LogP contribution >= 0.6 is 23.5 Å². The van der Waals surface area contributed by atoms with Crippen molar-refractivity contribution in [3.05, 3.63) is 70.8 Å². The summed E-state index contributed by atoms with van der Waals surface area (Å²) in [5.41, 5.74) is 3.57. The van der Waals surface area contributed by atoms with Crippen molar-refractivity contribution in [2.24, 2.45) is 0 Å². The minimum absolute atomic E-state index is 0.350. The maximum atomic E-state index is 12.3. The number of rotatable bonds is 5. The van der Waals surface area contributed by atoms with Crippen molar-refractivity contribution in [1.29, 1.82) is 0 Å². The summed E-state index contributed by atoms with van der Waals surface area (Å²) in [5.74, 6) is 3.93. The maximum absolute atomic E-state index is 12.3. The SMILES string of the molecule is COc1ccc(/C=C2\C=C(c3ccc(C4SCCCS4)cc3)OC2=O)cc1OC. The minimum Gasteiger partial charge on any atom is -0.493 e. The maximum Gasteiger partial charge on any atom is 0.343 e. The van der Waals surface area contributed by atoms with Crippen LogP contribution in [0.15, 0.2) is 54.1 Å². The first-order valence-corrected chi connectivity index (χ1v) is 11.5. The number of carbonyl (C=O) groups excluding carboxylic acids is 1. The Morgan fingerprint density at radius 2 is 1.72 bits per heavy atom. The van der Waals surface area contributed by atoms with E-state index in [4.69, 9.17) is 14.2 Å². The Labute approximate surface area is 179 Å². The summed E-state index contributed by atoms with van der Waals surface area (Å²) in [7, 11) is 3.18. The average molecular weight is 427 g/mol. The summed E-state index contributed by atoms with van der Waals surface area (Å²) in [6.45, 7) is 0. The molecule has 0 saturated carbocycles. The number of thioether (sulfide) groups is 2. The van der Waals surface area contributed by atoms with Crippen molar-refractivity contribution < 1.29 is 19.0 Å². The molecular formula is C23H22O4S2. The molecule has 2 aromatic carbocycles. The van der Waals surface area contributed by atoms with E-state index in [1.807, 2.05) is 53.9 Å². The topological polar surface area (TPSA) is 44.8 Å². The van der Waals surface area contributed by atoms with Gasteiger partial charge < -0.3 is 14.2 Å². The number of carbonyl (C=O) groups is 1. The zero-order chi connectivity index (χ0) is 20.2. The molecule has 29 heavy (non-hydrogen) atoms. The van der Waals surface area contributed by atoms with Crippen LogP contribution in [0.4, 0.5) is 0 Å². The van der Waals surface area contributed by atoms with Crippen LogP contribution in [0, 0.1) is 0 Å². The third kappa shape index (κ3) is 4.49. The molecule has 2 aromatic rings.